The molecule has 118 valence electrons. The number of nitrogens with one attached hydrogen (secondary N) is 1. The molecule has 3 nitrogen and oxygen atoms in total. The Morgan fingerprint density at radius 3 is 2.50 bits per heavy atom. The lowest BCUT2D eigenvalue weighted by Gasteiger charge is -2.34. The van der Waals surface area contributed by atoms with Crippen molar-refractivity contribution < 1.29 is 18.0 Å². The van der Waals surface area contributed by atoms with Crippen molar-refractivity contribution >= 4 is 18.3 Å². The number of halogens is 4. The van der Waals surface area contributed by atoms with Crippen molar-refractivity contribution in [1.82, 2.24) is 10.2 Å². The average Bonchev–Trinajstić information content (AvgIpc) is 2.90. The van der Waals surface area contributed by atoms with E-state index in [0.717, 1.165) is 19.5 Å². The van der Waals surface area contributed by atoms with Crippen LogP contribution in [0.15, 0.2) is 0 Å². The minimum atomic E-state index is -4.16. The highest BCUT2D eigenvalue weighted by atomic mass is 35.5. The number of hydrogen-bond acceptors (Lipinski definition) is 2. The molecule has 20 heavy (non-hydrogen) atoms. The van der Waals surface area contributed by atoms with Crippen LogP contribution in [0.1, 0.15) is 32.1 Å². The fraction of sp³-hybridized carbons (Fsp3) is 0.923. The minimum Gasteiger partial charge on any atom is -0.341 e. The van der Waals surface area contributed by atoms with Crippen LogP contribution < -0.4 is 5.32 Å². The lowest BCUT2D eigenvalue weighted by molar-refractivity contribution is -0.187. The molecular weight excluding hydrogens is 293 g/mol. The molecule has 1 heterocycles. The maximum atomic E-state index is 12.7. The molecule has 0 aromatic heterocycles. The standard InChI is InChI=1S/C13H21F3N2O.ClH/c1-18(11-5-6-17-8-11)12(19)9-3-2-4-10(7-9)13(14,15)16;/h9-11,17H,2-8H2,1H3;1H. The Hall–Kier alpha value is -0.490. The van der Waals surface area contributed by atoms with Gasteiger partial charge in [0.25, 0.3) is 0 Å². The summed E-state index contributed by atoms with van der Waals surface area (Å²) in [6.07, 6.45) is -2.05. The molecule has 1 saturated carbocycles. The summed E-state index contributed by atoms with van der Waals surface area (Å²) in [7, 11) is 1.72. The van der Waals surface area contributed by atoms with Crippen molar-refractivity contribution in [2.24, 2.45) is 11.8 Å². The Morgan fingerprint density at radius 2 is 1.95 bits per heavy atom. The second-order valence-electron chi connectivity index (χ2n) is 5.70. The number of alkyl halides is 3. The largest absolute Gasteiger partial charge is 0.391 e. The summed E-state index contributed by atoms with van der Waals surface area (Å²) in [5.41, 5.74) is 0. The van der Waals surface area contributed by atoms with E-state index in [2.05, 4.69) is 5.32 Å². The zero-order valence-corrected chi connectivity index (χ0v) is 12.4. The van der Waals surface area contributed by atoms with Gasteiger partial charge in [0, 0.05) is 25.6 Å². The second-order valence-corrected chi connectivity index (χ2v) is 5.70. The molecule has 0 aromatic carbocycles. The first kappa shape index (κ1) is 17.6. The second kappa shape index (κ2) is 6.98. The lowest BCUT2D eigenvalue weighted by Crippen LogP contribution is -2.44. The number of rotatable bonds is 2. The van der Waals surface area contributed by atoms with Gasteiger partial charge in [0.05, 0.1) is 5.92 Å². The third-order valence-electron chi connectivity index (χ3n) is 4.42. The summed E-state index contributed by atoms with van der Waals surface area (Å²) in [6, 6.07) is 0.138. The molecule has 0 bridgehead atoms. The highest BCUT2D eigenvalue weighted by Crippen LogP contribution is 2.40. The van der Waals surface area contributed by atoms with Crippen LogP contribution in [-0.4, -0.2) is 43.2 Å². The first-order valence-corrected chi connectivity index (χ1v) is 6.93. The lowest BCUT2D eigenvalue weighted by atomic mass is 9.80. The van der Waals surface area contributed by atoms with Gasteiger partial charge in [-0.3, -0.25) is 4.79 Å². The number of carbonyl (C=O) groups excluding carboxylic acids is 1. The van der Waals surface area contributed by atoms with Gasteiger partial charge < -0.3 is 10.2 Å². The minimum absolute atomic E-state index is 0. The van der Waals surface area contributed by atoms with Crippen LogP contribution in [0.5, 0.6) is 0 Å². The molecular formula is C13H22ClF3N2O. The molecule has 0 aromatic rings. The number of nitrogens with zero attached hydrogens (tertiary/aromatic N) is 1. The molecule has 0 radical (unpaired) electrons. The Balaban J connectivity index is 0.00000200. The van der Waals surface area contributed by atoms with Crippen LogP contribution in [-0.2, 0) is 4.79 Å². The van der Waals surface area contributed by atoms with Gasteiger partial charge in [0.2, 0.25) is 5.91 Å². The molecule has 3 unspecified atom stereocenters. The quantitative estimate of drug-likeness (QED) is 0.849. The Labute approximate surface area is 123 Å². The van der Waals surface area contributed by atoms with Gasteiger partial charge in [-0.2, -0.15) is 13.2 Å². The van der Waals surface area contributed by atoms with E-state index in [1.807, 2.05) is 0 Å². The van der Waals surface area contributed by atoms with E-state index in [1.165, 1.54) is 0 Å². The molecule has 1 N–H and O–H groups in total. The topological polar surface area (TPSA) is 32.3 Å². The first-order chi connectivity index (χ1) is 8.89. The highest BCUT2D eigenvalue weighted by molar-refractivity contribution is 5.85. The Morgan fingerprint density at radius 1 is 1.25 bits per heavy atom. The molecule has 1 aliphatic heterocycles. The fourth-order valence-corrected chi connectivity index (χ4v) is 3.15. The zero-order chi connectivity index (χ0) is 14.0. The summed E-state index contributed by atoms with van der Waals surface area (Å²) < 4.78 is 38.2. The van der Waals surface area contributed by atoms with Crippen molar-refractivity contribution in [2.45, 2.75) is 44.3 Å². The van der Waals surface area contributed by atoms with E-state index in [0.29, 0.717) is 12.8 Å². The van der Waals surface area contributed by atoms with Gasteiger partial charge in [-0.15, -0.1) is 12.4 Å². The maximum absolute atomic E-state index is 12.7. The number of carbonyl (C=O) groups is 1. The van der Waals surface area contributed by atoms with Crippen LogP contribution in [0.25, 0.3) is 0 Å². The molecule has 1 saturated heterocycles. The Bertz CT molecular complexity index is 332. The highest BCUT2D eigenvalue weighted by Gasteiger charge is 2.44. The van der Waals surface area contributed by atoms with E-state index in [1.54, 1.807) is 11.9 Å². The molecule has 2 fully saturated rings. The molecule has 7 heteroatoms. The van der Waals surface area contributed by atoms with Crippen LogP contribution >= 0.6 is 12.4 Å². The van der Waals surface area contributed by atoms with Crippen LogP contribution in [0.4, 0.5) is 13.2 Å². The summed E-state index contributed by atoms with van der Waals surface area (Å²) in [5, 5.41) is 3.17. The SMILES string of the molecule is CN(C(=O)C1CCCC(C(F)(F)F)C1)C1CCNC1.Cl. The summed E-state index contributed by atoms with van der Waals surface area (Å²) in [4.78, 5) is 13.9. The van der Waals surface area contributed by atoms with Gasteiger partial charge in [0.1, 0.15) is 0 Å². The zero-order valence-electron chi connectivity index (χ0n) is 11.6. The van der Waals surface area contributed by atoms with Gasteiger partial charge in [-0.05, 0) is 32.2 Å². The van der Waals surface area contributed by atoms with Crippen molar-refractivity contribution in [1.29, 1.82) is 0 Å². The number of likely N-dealkylation sites (N-methyl/N-ethyl adjacent to an activating group) is 1. The van der Waals surface area contributed by atoms with Crippen molar-refractivity contribution in [3.63, 3.8) is 0 Å². The summed E-state index contributed by atoms with van der Waals surface area (Å²) in [5.74, 6) is -1.86. The molecule has 1 aliphatic carbocycles. The van der Waals surface area contributed by atoms with E-state index < -0.39 is 18.0 Å². The van der Waals surface area contributed by atoms with Crippen LogP contribution in [0, 0.1) is 11.8 Å². The number of hydrogen-bond donors (Lipinski definition) is 1. The first-order valence-electron chi connectivity index (χ1n) is 6.93. The third kappa shape index (κ3) is 4.01. The van der Waals surface area contributed by atoms with Gasteiger partial charge in [-0.25, -0.2) is 0 Å². The Kier molecular flexibility index (Phi) is 6.13. The van der Waals surface area contributed by atoms with E-state index in [4.69, 9.17) is 0 Å². The molecule has 3 atom stereocenters. The normalized spacial score (nSPS) is 30.7. The average molecular weight is 315 g/mol. The predicted octanol–water partition coefficient (Wildman–Crippen LogP) is 2.60. The smallest absolute Gasteiger partial charge is 0.341 e. The molecule has 2 rings (SSSR count). The van der Waals surface area contributed by atoms with Crippen LogP contribution in [0.2, 0.25) is 0 Å². The fourth-order valence-electron chi connectivity index (χ4n) is 3.15. The number of amides is 1. The van der Waals surface area contributed by atoms with Gasteiger partial charge in [0.15, 0.2) is 0 Å². The summed E-state index contributed by atoms with van der Waals surface area (Å²) >= 11 is 0. The van der Waals surface area contributed by atoms with Gasteiger partial charge >= 0.3 is 6.18 Å². The van der Waals surface area contributed by atoms with Crippen molar-refractivity contribution in [3.05, 3.63) is 0 Å². The third-order valence-corrected chi connectivity index (χ3v) is 4.42. The predicted molar refractivity (Wildman–Crippen MR) is 72.8 cm³/mol. The molecule has 0 spiro atoms. The molecule has 2 aliphatic rings. The van der Waals surface area contributed by atoms with E-state index >= 15 is 0 Å². The van der Waals surface area contributed by atoms with Crippen molar-refractivity contribution in [2.75, 3.05) is 20.1 Å². The molecule has 1 amide bonds. The summed E-state index contributed by atoms with van der Waals surface area (Å²) in [6.45, 7) is 1.62. The van der Waals surface area contributed by atoms with E-state index in [9.17, 15) is 18.0 Å². The monoisotopic (exact) mass is 314 g/mol. The van der Waals surface area contributed by atoms with Crippen LogP contribution in [0.3, 0.4) is 0 Å². The van der Waals surface area contributed by atoms with Gasteiger partial charge in [-0.1, -0.05) is 6.42 Å². The van der Waals surface area contributed by atoms with Crippen molar-refractivity contribution in [3.8, 4) is 0 Å². The maximum Gasteiger partial charge on any atom is 0.391 e. The van der Waals surface area contributed by atoms with E-state index in [-0.39, 0.29) is 37.2 Å².